The number of ether oxygens (including phenoxy) is 2. The zero-order valence-corrected chi connectivity index (χ0v) is 20.2. The van der Waals surface area contributed by atoms with Crippen LogP contribution in [0.1, 0.15) is 34.2 Å². The van der Waals surface area contributed by atoms with Crippen LogP contribution in [0.25, 0.3) is 16.6 Å². The molecule has 0 saturated carbocycles. The maximum absolute atomic E-state index is 10.5. The molecular weight excluding hydrogens is 450 g/mol. The Hall–Kier alpha value is -2.29. The Bertz CT molecular complexity index is 1060. The van der Waals surface area contributed by atoms with E-state index in [-0.39, 0.29) is 12.5 Å². The van der Waals surface area contributed by atoms with E-state index in [9.17, 15) is 4.79 Å². The highest BCUT2D eigenvalue weighted by molar-refractivity contribution is 8.00. The molecule has 1 aromatic carbocycles. The lowest BCUT2D eigenvalue weighted by atomic mass is 10.2. The SMILES string of the molecule is CC.Cc1sc(-c2ccc3c(c2)OCO3)nc1Cc1ccc(/C=C/CSCC(=O)O)s1. The molecule has 5 nitrogen and oxygen atoms in total. The van der Waals surface area contributed by atoms with Crippen molar-refractivity contribution in [1.29, 1.82) is 0 Å². The van der Waals surface area contributed by atoms with Crippen molar-refractivity contribution in [2.24, 2.45) is 0 Å². The average molecular weight is 476 g/mol. The molecule has 31 heavy (non-hydrogen) atoms. The minimum Gasteiger partial charge on any atom is -0.481 e. The Morgan fingerprint density at radius 2 is 2.00 bits per heavy atom. The Labute approximate surface area is 194 Å². The van der Waals surface area contributed by atoms with E-state index in [0.29, 0.717) is 5.75 Å². The Balaban J connectivity index is 0.00000132. The van der Waals surface area contributed by atoms with Gasteiger partial charge in [-0.15, -0.1) is 34.4 Å². The smallest absolute Gasteiger partial charge is 0.313 e. The summed E-state index contributed by atoms with van der Waals surface area (Å²) in [5.74, 6) is 1.61. The molecule has 3 heterocycles. The number of fused-ring (bicyclic) bond motifs is 1. The highest BCUT2D eigenvalue weighted by Crippen LogP contribution is 2.38. The van der Waals surface area contributed by atoms with Crippen molar-refractivity contribution in [3.05, 3.63) is 56.7 Å². The summed E-state index contributed by atoms with van der Waals surface area (Å²) in [7, 11) is 0. The molecule has 0 fully saturated rings. The van der Waals surface area contributed by atoms with E-state index < -0.39 is 5.97 Å². The third kappa shape index (κ3) is 6.35. The fourth-order valence-corrected chi connectivity index (χ4v) is 5.27. The number of carboxylic acids is 1. The number of aryl methyl sites for hydroxylation is 1. The van der Waals surface area contributed by atoms with Crippen molar-refractivity contribution in [2.75, 3.05) is 18.3 Å². The molecule has 2 aromatic heterocycles. The molecule has 1 aliphatic heterocycles. The highest BCUT2D eigenvalue weighted by atomic mass is 32.2. The lowest BCUT2D eigenvalue weighted by molar-refractivity contribution is -0.133. The van der Waals surface area contributed by atoms with Gasteiger partial charge in [-0.1, -0.05) is 19.9 Å². The van der Waals surface area contributed by atoms with Gasteiger partial charge in [-0.25, -0.2) is 4.98 Å². The molecule has 0 unspecified atom stereocenters. The lowest BCUT2D eigenvalue weighted by Gasteiger charge is -1.99. The molecule has 3 aromatic rings. The minimum absolute atomic E-state index is 0.134. The number of nitrogens with zero attached hydrogens (tertiary/aromatic N) is 1. The standard InChI is InChI=1S/C21H19NO4S3.C2H6/c1-13-17(10-16-6-5-15(29-16)3-2-8-27-11-20(23)24)22-21(28-13)14-4-7-18-19(9-14)26-12-25-18;1-2/h2-7,9H,8,10-12H2,1H3,(H,23,24);1-2H3/b3-2+;. The Morgan fingerprint density at radius 3 is 2.81 bits per heavy atom. The van der Waals surface area contributed by atoms with E-state index in [1.165, 1.54) is 26.4 Å². The van der Waals surface area contributed by atoms with Crippen LogP contribution in [0, 0.1) is 6.92 Å². The number of thiophene rings is 1. The zero-order valence-electron chi connectivity index (χ0n) is 17.7. The predicted molar refractivity (Wildman–Crippen MR) is 131 cm³/mol. The quantitative estimate of drug-likeness (QED) is 0.383. The first kappa shape index (κ1) is 23.4. The van der Waals surface area contributed by atoms with Crippen LogP contribution in [0.5, 0.6) is 11.5 Å². The average Bonchev–Trinajstić information content (AvgIpc) is 3.49. The molecule has 0 amide bonds. The monoisotopic (exact) mass is 475 g/mol. The second-order valence-electron chi connectivity index (χ2n) is 6.38. The van der Waals surface area contributed by atoms with Gasteiger partial charge in [-0.2, -0.15) is 0 Å². The van der Waals surface area contributed by atoms with Crippen LogP contribution in [0.4, 0.5) is 0 Å². The number of aliphatic carboxylic acids is 1. The van der Waals surface area contributed by atoms with E-state index in [1.54, 1.807) is 22.7 Å². The van der Waals surface area contributed by atoms with Gasteiger partial charge in [0.25, 0.3) is 0 Å². The summed E-state index contributed by atoms with van der Waals surface area (Å²) in [6.45, 7) is 6.38. The summed E-state index contributed by atoms with van der Waals surface area (Å²) >= 11 is 4.82. The lowest BCUT2D eigenvalue weighted by Crippen LogP contribution is -1.97. The van der Waals surface area contributed by atoms with Crippen LogP contribution < -0.4 is 9.47 Å². The van der Waals surface area contributed by atoms with E-state index in [4.69, 9.17) is 19.6 Å². The van der Waals surface area contributed by atoms with E-state index in [0.717, 1.165) is 34.2 Å². The van der Waals surface area contributed by atoms with Gasteiger partial charge in [0.2, 0.25) is 6.79 Å². The van der Waals surface area contributed by atoms with E-state index in [2.05, 4.69) is 25.1 Å². The van der Waals surface area contributed by atoms with Crippen molar-refractivity contribution < 1.29 is 19.4 Å². The number of carboxylic acid groups (broad SMARTS) is 1. The first-order valence-corrected chi connectivity index (χ1v) is 12.8. The summed E-state index contributed by atoms with van der Waals surface area (Å²) in [5.41, 5.74) is 2.14. The van der Waals surface area contributed by atoms with Crippen molar-refractivity contribution in [3.8, 4) is 22.1 Å². The molecule has 4 rings (SSSR count). The largest absolute Gasteiger partial charge is 0.481 e. The molecule has 0 radical (unpaired) electrons. The zero-order chi connectivity index (χ0) is 22.2. The molecule has 164 valence electrons. The van der Waals surface area contributed by atoms with Crippen LogP contribution in [0.15, 0.2) is 36.4 Å². The summed E-state index contributed by atoms with van der Waals surface area (Å²) in [6.07, 6.45) is 4.86. The topological polar surface area (TPSA) is 68.7 Å². The number of hydrogen-bond acceptors (Lipinski definition) is 7. The third-order valence-electron chi connectivity index (χ3n) is 4.26. The maximum Gasteiger partial charge on any atom is 0.313 e. The van der Waals surface area contributed by atoms with Gasteiger partial charge in [0.05, 0.1) is 11.4 Å². The number of aromatic nitrogens is 1. The van der Waals surface area contributed by atoms with Gasteiger partial charge >= 0.3 is 5.97 Å². The molecule has 0 bridgehead atoms. The molecule has 8 heteroatoms. The Kier molecular flexibility index (Phi) is 8.57. The number of hydrogen-bond donors (Lipinski definition) is 1. The number of thiazole rings is 1. The first-order chi connectivity index (χ1) is 15.1. The van der Waals surface area contributed by atoms with Crippen LogP contribution in [0.3, 0.4) is 0 Å². The van der Waals surface area contributed by atoms with Crippen molar-refractivity contribution >= 4 is 46.5 Å². The molecule has 1 aliphatic rings. The van der Waals surface area contributed by atoms with Gasteiger partial charge < -0.3 is 14.6 Å². The number of benzene rings is 1. The van der Waals surface area contributed by atoms with Crippen molar-refractivity contribution in [1.82, 2.24) is 4.98 Å². The molecular formula is C23H25NO4S3. The summed E-state index contributed by atoms with van der Waals surface area (Å²) < 4.78 is 10.9. The van der Waals surface area contributed by atoms with Crippen LogP contribution in [0.2, 0.25) is 0 Å². The third-order valence-corrected chi connectivity index (χ3v) is 7.25. The van der Waals surface area contributed by atoms with E-state index >= 15 is 0 Å². The van der Waals surface area contributed by atoms with Gasteiger partial charge in [0.1, 0.15) is 5.01 Å². The van der Waals surface area contributed by atoms with Gasteiger partial charge in [0.15, 0.2) is 11.5 Å². The fraction of sp³-hybridized carbons (Fsp3) is 0.304. The van der Waals surface area contributed by atoms with Gasteiger partial charge in [-0.3, -0.25) is 4.79 Å². The van der Waals surface area contributed by atoms with Crippen LogP contribution in [-0.2, 0) is 11.2 Å². The van der Waals surface area contributed by atoms with Crippen LogP contribution in [-0.4, -0.2) is 34.4 Å². The molecule has 0 saturated heterocycles. The fourth-order valence-electron chi connectivity index (χ4n) is 2.87. The minimum atomic E-state index is -0.777. The molecule has 1 N–H and O–H groups in total. The molecule has 0 spiro atoms. The summed E-state index contributed by atoms with van der Waals surface area (Å²) in [5, 5.41) is 9.64. The second-order valence-corrected chi connectivity index (χ2v) is 9.82. The predicted octanol–water partition coefficient (Wildman–Crippen LogP) is 6.36. The summed E-state index contributed by atoms with van der Waals surface area (Å²) in [6, 6.07) is 10.2. The number of rotatable bonds is 8. The normalized spacial score (nSPS) is 12.1. The number of thioether (sulfide) groups is 1. The molecule has 0 atom stereocenters. The second kappa shape index (κ2) is 11.4. The summed E-state index contributed by atoms with van der Waals surface area (Å²) in [4.78, 5) is 19.0. The Morgan fingerprint density at radius 1 is 1.19 bits per heavy atom. The van der Waals surface area contributed by atoms with E-state index in [1.807, 2.05) is 38.1 Å². The number of carbonyl (C=O) groups is 1. The van der Waals surface area contributed by atoms with Crippen LogP contribution >= 0.6 is 34.4 Å². The maximum atomic E-state index is 10.5. The van der Waals surface area contributed by atoms with Crippen molar-refractivity contribution in [2.45, 2.75) is 27.2 Å². The van der Waals surface area contributed by atoms with Gasteiger partial charge in [-0.05, 0) is 43.3 Å². The highest BCUT2D eigenvalue weighted by Gasteiger charge is 2.16. The van der Waals surface area contributed by atoms with Crippen molar-refractivity contribution in [3.63, 3.8) is 0 Å². The van der Waals surface area contributed by atoms with Gasteiger partial charge in [0, 0.05) is 32.4 Å². The first-order valence-electron chi connectivity index (χ1n) is 9.99. The molecule has 0 aliphatic carbocycles.